The molecule has 0 spiro atoms. The molecule has 7 heteroatoms. The van der Waals surface area contributed by atoms with Gasteiger partial charge in [0.05, 0.1) is 24.5 Å². The number of nitrogens with one attached hydrogen (secondary N) is 1. The fraction of sp³-hybridized carbons (Fsp3) is 0.643. The lowest BCUT2D eigenvalue weighted by molar-refractivity contribution is 0.500. The summed E-state index contributed by atoms with van der Waals surface area (Å²) in [6.45, 7) is 7.97. The van der Waals surface area contributed by atoms with Gasteiger partial charge in [-0.1, -0.05) is 12.8 Å². The molecule has 1 rings (SSSR count). The van der Waals surface area contributed by atoms with Crippen molar-refractivity contribution in [2.24, 2.45) is 0 Å². The van der Waals surface area contributed by atoms with Crippen molar-refractivity contribution in [1.29, 1.82) is 0 Å². The fourth-order valence-electron chi connectivity index (χ4n) is 2.13. The van der Waals surface area contributed by atoms with Gasteiger partial charge in [-0.3, -0.25) is 4.68 Å². The maximum Gasteiger partial charge on any atom is 0.247 e. The minimum absolute atomic E-state index is 0.0461. The minimum Gasteiger partial charge on any atom is -0.315 e. The van der Waals surface area contributed by atoms with Crippen LogP contribution in [0.4, 0.5) is 0 Å². The quantitative estimate of drug-likeness (QED) is 0.568. The van der Waals surface area contributed by atoms with Crippen molar-refractivity contribution < 1.29 is 8.42 Å². The first-order valence-corrected chi connectivity index (χ1v) is 8.44. The Hall–Kier alpha value is -1.36. The topological polar surface area (TPSA) is 67.2 Å². The molecule has 21 heavy (non-hydrogen) atoms. The molecule has 1 aromatic heterocycles. The molecular weight excluding hydrogens is 288 g/mol. The van der Waals surface area contributed by atoms with Crippen LogP contribution in [0.3, 0.4) is 0 Å². The maximum absolute atomic E-state index is 12.5. The largest absolute Gasteiger partial charge is 0.315 e. The number of nitrogens with zero attached hydrogens (tertiary/aromatic N) is 3. The van der Waals surface area contributed by atoms with Gasteiger partial charge in [0.15, 0.2) is 0 Å². The van der Waals surface area contributed by atoms with E-state index in [1.807, 2.05) is 0 Å². The Morgan fingerprint density at radius 3 is 2.62 bits per heavy atom. The van der Waals surface area contributed by atoms with E-state index in [9.17, 15) is 8.42 Å². The standard InChI is InChI=1S/C14H24N4O2S/c1-6-8-15-9-11-18-13(4)14(12(3)16-18)21(19,20)17(5)10-7-2/h2,15H,6,8-11H2,1,3-5H3. The molecule has 0 saturated heterocycles. The number of rotatable bonds is 8. The van der Waals surface area contributed by atoms with Gasteiger partial charge >= 0.3 is 0 Å². The lowest BCUT2D eigenvalue weighted by atomic mass is 10.4. The van der Waals surface area contributed by atoms with Crippen LogP contribution in [0.25, 0.3) is 0 Å². The maximum atomic E-state index is 12.5. The van der Waals surface area contributed by atoms with E-state index in [1.54, 1.807) is 18.5 Å². The molecule has 118 valence electrons. The molecule has 0 aromatic carbocycles. The van der Waals surface area contributed by atoms with Crippen molar-refractivity contribution >= 4 is 10.0 Å². The SMILES string of the molecule is C#CCN(C)S(=O)(=O)c1c(C)nn(CCNCCC)c1C. The highest BCUT2D eigenvalue weighted by Crippen LogP contribution is 2.22. The summed E-state index contributed by atoms with van der Waals surface area (Å²) in [7, 11) is -2.11. The highest BCUT2D eigenvalue weighted by Gasteiger charge is 2.28. The molecule has 0 atom stereocenters. The van der Waals surface area contributed by atoms with E-state index >= 15 is 0 Å². The molecule has 1 N–H and O–H groups in total. The van der Waals surface area contributed by atoms with E-state index < -0.39 is 10.0 Å². The second-order valence-electron chi connectivity index (χ2n) is 4.94. The van der Waals surface area contributed by atoms with Crippen LogP contribution in [0.1, 0.15) is 24.7 Å². The van der Waals surface area contributed by atoms with Gasteiger partial charge < -0.3 is 5.32 Å². The van der Waals surface area contributed by atoms with Crippen LogP contribution >= 0.6 is 0 Å². The van der Waals surface area contributed by atoms with Gasteiger partial charge in [-0.2, -0.15) is 9.40 Å². The number of hydrogen-bond donors (Lipinski definition) is 1. The Kier molecular flexibility index (Phi) is 6.40. The number of aryl methyl sites for hydroxylation is 1. The van der Waals surface area contributed by atoms with E-state index in [2.05, 4.69) is 23.3 Å². The van der Waals surface area contributed by atoms with Crippen LogP contribution in [-0.2, 0) is 16.6 Å². The molecule has 0 unspecified atom stereocenters. The molecule has 1 aromatic rings. The van der Waals surface area contributed by atoms with Crippen LogP contribution in [0.5, 0.6) is 0 Å². The second-order valence-corrected chi connectivity index (χ2v) is 6.92. The molecule has 0 amide bonds. The molecule has 0 fully saturated rings. The molecule has 0 bridgehead atoms. The van der Waals surface area contributed by atoms with Gasteiger partial charge in [0.2, 0.25) is 10.0 Å². The van der Waals surface area contributed by atoms with Gasteiger partial charge in [-0.15, -0.1) is 6.42 Å². The summed E-state index contributed by atoms with van der Waals surface area (Å²) in [5.41, 5.74) is 1.15. The summed E-state index contributed by atoms with van der Waals surface area (Å²) >= 11 is 0. The zero-order valence-electron chi connectivity index (χ0n) is 13.2. The Morgan fingerprint density at radius 1 is 1.38 bits per heavy atom. The minimum atomic E-state index is -3.59. The van der Waals surface area contributed by atoms with Crippen LogP contribution in [0.2, 0.25) is 0 Å². The first kappa shape index (κ1) is 17.7. The Bertz CT molecular complexity index is 614. The summed E-state index contributed by atoms with van der Waals surface area (Å²) < 4.78 is 27.9. The van der Waals surface area contributed by atoms with Crippen LogP contribution in [-0.4, -0.2) is 49.2 Å². The predicted molar refractivity (Wildman–Crippen MR) is 83.5 cm³/mol. The molecule has 0 saturated carbocycles. The fourth-order valence-corrected chi connectivity index (χ4v) is 3.58. The molecule has 6 nitrogen and oxygen atoms in total. The lowest BCUT2D eigenvalue weighted by Gasteiger charge is -2.14. The Balaban J connectivity index is 3.00. The van der Waals surface area contributed by atoms with Crippen molar-refractivity contribution in [1.82, 2.24) is 19.4 Å². The zero-order chi connectivity index (χ0) is 16.0. The first-order chi connectivity index (χ1) is 9.86. The van der Waals surface area contributed by atoms with E-state index in [-0.39, 0.29) is 11.4 Å². The zero-order valence-corrected chi connectivity index (χ0v) is 14.0. The average molecular weight is 312 g/mol. The molecule has 0 aliphatic heterocycles. The first-order valence-electron chi connectivity index (χ1n) is 7.00. The monoisotopic (exact) mass is 312 g/mol. The second kappa shape index (κ2) is 7.59. The summed E-state index contributed by atoms with van der Waals surface area (Å²) in [6.07, 6.45) is 6.26. The van der Waals surface area contributed by atoms with Crippen molar-refractivity contribution in [3.63, 3.8) is 0 Å². The van der Waals surface area contributed by atoms with Crippen LogP contribution in [0.15, 0.2) is 4.90 Å². The van der Waals surface area contributed by atoms with Gasteiger partial charge in [0, 0.05) is 13.6 Å². The van der Waals surface area contributed by atoms with Crippen molar-refractivity contribution in [2.45, 2.75) is 38.6 Å². The van der Waals surface area contributed by atoms with E-state index in [4.69, 9.17) is 6.42 Å². The Morgan fingerprint density at radius 2 is 2.05 bits per heavy atom. The summed E-state index contributed by atoms with van der Waals surface area (Å²) in [4.78, 5) is 0.260. The highest BCUT2D eigenvalue weighted by atomic mass is 32.2. The van der Waals surface area contributed by atoms with E-state index in [0.29, 0.717) is 17.9 Å². The van der Waals surface area contributed by atoms with Gasteiger partial charge in [-0.25, -0.2) is 8.42 Å². The predicted octanol–water partition coefficient (Wildman–Crippen LogP) is 0.753. The van der Waals surface area contributed by atoms with Crippen molar-refractivity contribution in [3.8, 4) is 12.3 Å². The Labute approximate surface area is 127 Å². The van der Waals surface area contributed by atoms with Gasteiger partial charge in [-0.05, 0) is 26.8 Å². The van der Waals surface area contributed by atoms with E-state index in [1.165, 1.54) is 11.4 Å². The van der Waals surface area contributed by atoms with Crippen LogP contribution in [0, 0.1) is 26.2 Å². The lowest BCUT2D eigenvalue weighted by Crippen LogP contribution is -2.28. The summed E-state index contributed by atoms with van der Waals surface area (Å²) in [5, 5.41) is 7.61. The number of hydrogen-bond acceptors (Lipinski definition) is 4. The number of sulfonamides is 1. The van der Waals surface area contributed by atoms with E-state index in [0.717, 1.165) is 19.5 Å². The third kappa shape index (κ3) is 4.06. The molecule has 0 aliphatic rings. The van der Waals surface area contributed by atoms with Crippen molar-refractivity contribution in [2.75, 3.05) is 26.7 Å². The molecular formula is C14H24N4O2S. The molecule has 0 radical (unpaired) electrons. The number of terminal acetylenes is 1. The van der Waals surface area contributed by atoms with Crippen LogP contribution < -0.4 is 5.32 Å². The smallest absolute Gasteiger partial charge is 0.247 e. The van der Waals surface area contributed by atoms with Gasteiger partial charge in [0.25, 0.3) is 0 Å². The normalized spacial score (nSPS) is 11.8. The van der Waals surface area contributed by atoms with Crippen molar-refractivity contribution in [3.05, 3.63) is 11.4 Å². The summed E-state index contributed by atoms with van der Waals surface area (Å²) in [5.74, 6) is 2.35. The summed E-state index contributed by atoms with van der Waals surface area (Å²) in [6, 6.07) is 0. The van der Waals surface area contributed by atoms with Gasteiger partial charge in [0.1, 0.15) is 4.90 Å². The average Bonchev–Trinajstić information content (AvgIpc) is 2.70. The highest BCUT2D eigenvalue weighted by molar-refractivity contribution is 7.89. The third-order valence-corrected chi connectivity index (χ3v) is 5.28. The number of aromatic nitrogens is 2. The molecule has 0 aliphatic carbocycles. The third-order valence-electron chi connectivity index (χ3n) is 3.22. The molecule has 1 heterocycles.